The van der Waals surface area contributed by atoms with Crippen molar-refractivity contribution < 1.29 is 4.79 Å². The van der Waals surface area contributed by atoms with Crippen molar-refractivity contribution in [3.63, 3.8) is 0 Å². The number of carbonyl (C=O) groups excluding carboxylic acids is 1. The molecule has 4 N–H and O–H groups in total. The molecule has 1 rings (SSSR count). The van der Waals surface area contributed by atoms with Crippen LogP contribution in [0.25, 0.3) is 0 Å². The van der Waals surface area contributed by atoms with Crippen molar-refractivity contribution in [1.29, 1.82) is 5.41 Å². The van der Waals surface area contributed by atoms with Crippen molar-refractivity contribution >= 4 is 30.1 Å². The zero-order chi connectivity index (χ0) is 14.4. The van der Waals surface area contributed by atoms with Gasteiger partial charge >= 0.3 is 6.03 Å². The molecule has 0 aromatic heterocycles. The smallest absolute Gasteiger partial charge is 0.328 e. The van der Waals surface area contributed by atoms with Gasteiger partial charge in [0.1, 0.15) is 0 Å². The number of benzene rings is 1. The molecule has 2 amide bonds. The fraction of sp³-hybridized carbons (Fsp3) is 0.429. The van der Waals surface area contributed by atoms with Crippen LogP contribution in [-0.4, -0.2) is 18.5 Å². The maximum absolute atomic E-state index is 12.2. The quantitative estimate of drug-likeness (QED) is 0.454. The van der Waals surface area contributed by atoms with Crippen molar-refractivity contribution in [2.45, 2.75) is 33.6 Å². The van der Waals surface area contributed by atoms with E-state index in [1.807, 2.05) is 32.0 Å². The van der Waals surface area contributed by atoms with Crippen molar-refractivity contribution in [3.05, 3.63) is 29.3 Å². The Bertz CT molecular complexity index is 456. The topological polar surface area (TPSA) is 82.2 Å². The lowest BCUT2D eigenvalue weighted by molar-refractivity contribution is 0.249. The maximum Gasteiger partial charge on any atom is 0.328 e. The summed E-state index contributed by atoms with van der Waals surface area (Å²) in [5.41, 5.74) is 8.08. The van der Waals surface area contributed by atoms with Crippen LogP contribution in [0.3, 0.4) is 0 Å². The predicted molar refractivity (Wildman–Crippen MR) is 85.9 cm³/mol. The Kier molecular flexibility index (Phi) is 7.69. The number of unbranched alkanes of at least 4 members (excludes halogenated alkanes) is 1. The van der Waals surface area contributed by atoms with Crippen LogP contribution < -0.4 is 16.0 Å². The van der Waals surface area contributed by atoms with Gasteiger partial charge in [-0.3, -0.25) is 5.41 Å². The van der Waals surface area contributed by atoms with Gasteiger partial charge in [0.2, 0.25) is 5.96 Å². The van der Waals surface area contributed by atoms with Gasteiger partial charge in [-0.05, 0) is 31.4 Å². The summed E-state index contributed by atoms with van der Waals surface area (Å²) in [4.78, 5) is 13.4. The molecule has 0 aliphatic rings. The van der Waals surface area contributed by atoms with Gasteiger partial charge < -0.3 is 11.1 Å². The van der Waals surface area contributed by atoms with Crippen molar-refractivity contribution in [3.8, 4) is 0 Å². The molecular weight excluding hydrogens is 276 g/mol. The lowest BCUT2D eigenvalue weighted by Gasteiger charge is -2.24. The molecule has 1 aromatic carbocycles. The Morgan fingerprint density at radius 3 is 2.35 bits per heavy atom. The van der Waals surface area contributed by atoms with Gasteiger partial charge in [0.15, 0.2) is 0 Å². The van der Waals surface area contributed by atoms with Gasteiger partial charge in [0.05, 0.1) is 5.69 Å². The van der Waals surface area contributed by atoms with Crippen LogP contribution in [-0.2, 0) is 0 Å². The third-order valence-corrected chi connectivity index (χ3v) is 2.91. The molecule has 0 bridgehead atoms. The highest BCUT2D eigenvalue weighted by Gasteiger charge is 2.21. The maximum atomic E-state index is 12.2. The van der Waals surface area contributed by atoms with E-state index in [1.165, 1.54) is 4.90 Å². The van der Waals surface area contributed by atoms with Crippen LogP contribution in [0.1, 0.15) is 30.9 Å². The highest BCUT2D eigenvalue weighted by Crippen LogP contribution is 2.24. The van der Waals surface area contributed by atoms with E-state index < -0.39 is 0 Å². The molecule has 0 aliphatic carbocycles. The van der Waals surface area contributed by atoms with E-state index in [1.54, 1.807) is 0 Å². The lowest BCUT2D eigenvalue weighted by atomic mass is 10.1. The number of para-hydroxylation sites is 1. The van der Waals surface area contributed by atoms with E-state index in [2.05, 4.69) is 12.2 Å². The number of halogens is 1. The number of amides is 2. The molecule has 20 heavy (non-hydrogen) atoms. The molecule has 0 fully saturated rings. The molecular formula is C14H23ClN4O. The van der Waals surface area contributed by atoms with Crippen LogP contribution in [0, 0.1) is 19.3 Å². The standard InChI is InChI=1S/C14H22N4O.ClH/c1-4-5-9-17-14(19)18(13(15)16)12-10(2)7-6-8-11(12)3;/h6-8H,4-5,9H2,1-3H3,(H3,15,16)(H,17,19);1H. The first-order valence-corrected chi connectivity index (χ1v) is 6.47. The zero-order valence-electron chi connectivity index (χ0n) is 12.2. The Morgan fingerprint density at radius 1 is 1.35 bits per heavy atom. The average Bonchev–Trinajstić information content (AvgIpc) is 2.33. The van der Waals surface area contributed by atoms with Crippen molar-refractivity contribution in [1.82, 2.24) is 5.32 Å². The zero-order valence-corrected chi connectivity index (χ0v) is 13.0. The van der Waals surface area contributed by atoms with Crippen molar-refractivity contribution in [2.75, 3.05) is 11.4 Å². The minimum Gasteiger partial charge on any atom is -0.369 e. The average molecular weight is 299 g/mol. The second kappa shape index (κ2) is 8.43. The van der Waals surface area contributed by atoms with Gasteiger partial charge in [-0.1, -0.05) is 31.5 Å². The Morgan fingerprint density at radius 2 is 1.90 bits per heavy atom. The van der Waals surface area contributed by atoms with Crippen LogP contribution in [0.5, 0.6) is 0 Å². The van der Waals surface area contributed by atoms with Crippen LogP contribution in [0.4, 0.5) is 10.5 Å². The second-order valence-corrected chi connectivity index (χ2v) is 4.55. The molecule has 0 spiro atoms. The molecule has 0 heterocycles. The SMILES string of the molecule is CCCCNC(=O)N(C(=N)N)c1c(C)cccc1C.Cl. The largest absolute Gasteiger partial charge is 0.369 e. The molecule has 1 aromatic rings. The summed E-state index contributed by atoms with van der Waals surface area (Å²) in [7, 11) is 0. The first-order chi connectivity index (χ1) is 8.99. The molecule has 112 valence electrons. The Balaban J connectivity index is 0.00000361. The van der Waals surface area contributed by atoms with E-state index in [0.29, 0.717) is 12.2 Å². The van der Waals surface area contributed by atoms with E-state index in [0.717, 1.165) is 24.0 Å². The fourth-order valence-electron chi connectivity index (χ4n) is 1.94. The van der Waals surface area contributed by atoms with Gasteiger partial charge in [-0.15, -0.1) is 12.4 Å². The minimum absolute atomic E-state index is 0. The third-order valence-electron chi connectivity index (χ3n) is 2.91. The molecule has 0 saturated carbocycles. The first kappa shape index (κ1) is 18.2. The first-order valence-electron chi connectivity index (χ1n) is 6.47. The number of hydrogen-bond donors (Lipinski definition) is 3. The van der Waals surface area contributed by atoms with Gasteiger partial charge in [0.25, 0.3) is 0 Å². The highest BCUT2D eigenvalue weighted by molar-refractivity contribution is 6.14. The number of aryl methyl sites for hydroxylation is 2. The molecule has 0 saturated heterocycles. The van der Waals surface area contributed by atoms with Crippen LogP contribution >= 0.6 is 12.4 Å². The number of nitrogens with zero attached hydrogens (tertiary/aromatic N) is 1. The van der Waals surface area contributed by atoms with Crippen molar-refractivity contribution in [2.24, 2.45) is 5.73 Å². The van der Waals surface area contributed by atoms with Gasteiger partial charge in [0, 0.05) is 6.54 Å². The number of anilines is 1. The molecule has 0 unspecified atom stereocenters. The van der Waals surface area contributed by atoms with E-state index in [-0.39, 0.29) is 24.4 Å². The summed E-state index contributed by atoms with van der Waals surface area (Å²) in [5.74, 6) is -0.272. The molecule has 0 aliphatic heterocycles. The third kappa shape index (κ3) is 4.42. The number of nitrogens with one attached hydrogen (secondary N) is 2. The number of urea groups is 1. The predicted octanol–water partition coefficient (Wildman–Crippen LogP) is 2.93. The summed E-state index contributed by atoms with van der Waals surface area (Å²) in [6, 6.07) is 5.37. The molecule has 6 heteroatoms. The normalized spacial score (nSPS) is 9.55. The van der Waals surface area contributed by atoms with E-state index in [4.69, 9.17) is 11.1 Å². The summed E-state index contributed by atoms with van der Waals surface area (Å²) in [5, 5.41) is 10.4. The lowest BCUT2D eigenvalue weighted by Crippen LogP contribution is -2.48. The summed E-state index contributed by atoms with van der Waals surface area (Å²) < 4.78 is 0. The van der Waals surface area contributed by atoms with E-state index >= 15 is 0 Å². The molecule has 0 atom stereocenters. The molecule has 0 radical (unpaired) electrons. The number of nitrogens with two attached hydrogens (primary N) is 1. The minimum atomic E-state index is -0.349. The second-order valence-electron chi connectivity index (χ2n) is 4.55. The van der Waals surface area contributed by atoms with Gasteiger partial charge in [-0.2, -0.15) is 0 Å². The monoisotopic (exact) mass is 298 g/mol. The van der Waals surface area contributed by atoms with Gasteiger partial charge in [-0.25, -0.2) is 9.69 Å². The summed E-state index contributed by atoms with van der Waals surface area (Å²) in [6.45, 7) is 6.44. The Hall–Kier alpha value is -1.75. The van der Waals surface area contributed by atoms with E-state index in [9.17, 15) is 4.79 Å². The number of carbonyl (C=O) groups is 1. The number of guanidine groups is 1. The molecule has 5 nitrogen and oxygen atoms in total. The van der Waals surface area contributed by atoms with Crippen LogP contribution in [0.15, 0.2) is 18.2 Å². The fourth-order valence-corrected chi connectivity index (χ4v) is 1.94. The highest BCUT2D eigenvalue weighted by atomic mass is 35.5. The summed E-state index contributed by atoms with van der Waals surface area (Å²) in [6.07, 6.45) is 1.91. The Labute approximate surface area is 126 Å². The number of rotatable bonds is 4. The van der Waals surface area contributed by atoms with Crippen LogP contribution in [0.2, 0.25) is 0 Å². The number of hydrogen-bond acceptors (Lipinski definition) is 2. The summed E-state index contributed by atoms with van der Waals surface area (Å²) >= 11 is 0.